The summed E-state index contributed by atoms with van der Waals surface area (Å²) >= 11 is 0. The first-order chi connectivity index (χ1) is 11.7. The van der Waals surface area contributed by atoms with Crippen LogP contribution in [-0.4, -0.2) is 17.9 Å². The maximum atomic E-state index is 5.33. The van der Waals surface area contributed by atoms with E-state index in [0.717, 1.165) is 53.4 Å². The van der Waals surface area contributed by atoms with Crippen molar-refractivity contribution in [1.29, 1.82) is 0 Å². The van der Waals surface area contributed by atoms with Crippen LogP contribution in [-0.2, 0) is 0 Å². The molecular formula is C22H34N2. The maximum Gasteiger partial charge on any atom is 0.0937 e. The largest absolute Gasteiger partial charge is 0.371 e. The Morgan fingerprint density at radius 2 is 1.04 bits per heavy atom. The first-order valence-corrected chi connectivity index (χ1v) is 11.0. The Labute approximate surface area is 147 Å². The third-order valence-corrected chi connectivity index (χ3v) is 9.12. The van der Waals surface area contributed by atoms with Crippen molar-refractivity contribution >= 4 is 5.84 Å². The number of hydrogen-bond donors (Lipinski definition) is 1. The molecule has 132 valence electrons. The van der Waals surface area contributed by atoms with E-state index in [1.807, 2.05) is 0 Å². The number of nitrogens with zero attached hydrogens (tertiary/aromatic N) is 1. The molecule has 8 rings (SSSR count). The Kier molecular flexibility index (Phi) is 3.19. The lowest BCUT2D eigenvalue weighted by Crippen LogP contribution is -2.56. The first-order valence-electron chi connectivity index (χ1n) is 11.0. The summed E-state index contributed by atoms with van der Waals surface area (Å²) in [5.74, 6) is 9.36. The number of amidine groups is 1. The molecule has 0 saturated heterocycles. The van der Waals surface area contributed by atoms with Crippen LogP contribution in [0.5, 0.6) is 0 Å². The zero-order valence-electron chi connectivity index (χ0n) is 15.3. The molecule has 0 radical (unpaired) electrons. The Morgan fingerprint density at radius 1 is 0.625 bits per heavy atom. The van der Waals surface area contributed by atoms with Crippen LogP contribution < -0.4 is 5.32 Å². The zero-order valence-corrected chi connectivity index (χ0v) is 15.3. The van der Waals surface area contributed by atoms with Gasteiger partial charge in [-0.05, 0) is 118 Å². The quantitative estimate of drug-likeness (QED) is 0.580. The first kappa shape index (κ1) is 14.6. The van der Waals surface area contributed by atoms with Crippen molar-refractivity contribution in [1.82, 2.24) is 5.32 Å². The van der Waals surface area contributed by atoms with Crippen LogP contribution in [0.2, 0.25) is 0 Å². The molecule has 0 spiro atoms. The molecular weight excluding hydrogens is 292 g/mol. The number of aliphatic imine (C=N–C) groups is 1. The molecule has 8 bridgehead atoms. The minimum absolute atomic E-state index is 0.669. The van der Waals surface area contributed by atoms with Gasteiger partial charge in [-0.2, -0.15) is 0 Å². The molecule has 0 unspecified atom stereocenters. The van der Waals surface area contributed by atoms with E-state index in [2.05, 4.69) is 12.2 Å². The van der Waals surface area contributed by atoms with E-state index in [4.69, 9.17) is 4.99 Å². The van der Waals surface area contributed by atoms with Crippen molar-refractivity contribution in [2.45, 2.75) is 83.2 Å². The van der Waals surface area contributed by atoms with Crippen LogP contribution in [0.3, 0.4) is 0 Å². The lowest BCUT2D eigenvalue weighted by molar-refractivity contribution is -0.00815. The number of hydrogen-bond acceptors (Lipinski definition) is 1. The van der Waals surface area contributed by atoms with Gasteiger partial charge in [0.2, 0.25) is 0 Å². The van der Waals surface area contributed by atoms with E-state index >= 15 is 0 Å². The molecule has 0 aromatic carbocycles. The van der Waals surface area contributed by atoms with Crippen molar-refractivity contribution in [3.8, 4) is 0 Å². The van der Waals surface area contributed by atoms with Gasteiger partial charge in [0.25, 0.3) is 0 Å². The predicted molar refractivity (Wildman–Crippen MR) is 97.9 cm³/mol. The van der Waals surface area contributed by atoms with Crippen LogP contribution >= 0.6 is 0 Å². The van der Waals surface area contributed by atoms with Gasteiger partial charge in [0, 0.05) is 6.04 Å². The second kappa shape index (κ2) is 5.24. The van der Waals surface area contributed by atoms with Crippen molar-refractivity contribution in [3.63, 3.8) is 0 Å². The fraction of sp³-hybridized carbons (Fsp3) is 0.955. The summed E-state index contributed by atoms with van der Waals surface area (Å²) in [5, 5.41) is 3.97. The predicted octanol–water partition coefficient (Wildman–Crippen LogP) is 4.64. The van der Waals surface area contributed by atoms with E-state index < -0.39 is 0 Å². The standard InChI is InChI=1S/C22H34N2/c1-12(23-21-17-4-13-2-14(6-17)7-18(21)5-13)24-22-19-8-15-3-16(10-19)11-20(22)9-15/h13-22H,2-11H2,1H3,(H,23,24). The van der Waals surface area contributed by atoms with Gasteiger partial charge in [-0.3, -0.25) is 4.99 Å². The molecule has 1 N–H and O–H groups in total. The van der Waals surface area contributed by atoms with Crippen molar-refractivity contribution in [2.75, 3.05) is 0 Å². The lowest BCUT2D eigenvalue weighted by atomic mass is 9.54. The average Bonchev–Trinajstić information content (AvgIpc) is 2.53. The Morgan fingerprint density at radius 3 is 1.50 bits per heavy atom. The van der Waals surface area contributed by atoms with Crippen molar-refractivity contribution in [2.24, 2.45) is 52.3 Å². The van der Waals surface area contributed by atoms with Gasteiger partial charge in [-0.15, -0.1) is 0 Å². The fourth-order valence-corrected chi connectivity index (χ4v) is 8.77. The molecule has 24 heavy (non-hydrogen) atoms. The molecule has 0 heterocycles. The van der Waals surface area contributed by atoms with Gasteiger partial charge < -0.3 is 5.32 Å². The van der Waals surface area contributed by atoms with Gasteiger partial charge in [-0.25, -0.2) is 0 Å². The Balaban J connectivity index is 1.18. The fourth-order valence-electron chi connectivity index (χ4n) is 8.77. The SMILES string of the molecule is CC(=NC1C2CC3CC(C2)CC1C3)NC1C2CC3CC(C2)CC1C3. The average molecular weight is 327 g/mol. The lowest BCUT2D eigenvalue weighted by Gasteiger charge is -2.55. The summed E-state index contributed by atoms with van der Waals surface area (Å²) in [5.41, 5.74) is 0. The van der Waals surface area contributed by atoms with Crippen LogP contribution in [0.1, 0.15) is 71.1 Å². The third-order valence-electron chi connectivity index (χ3n) is 9.12. The van der Waals surface area contributed by atoms with Gasteiger partial charge >= 0.3 is 0 Å². The summed E-state index contributed by atoms with van der Waals surface area (Å²) in [6.07, 6.45) is 15.1. The summed E-state index contributed by atoms with van der Waals surface area (Å²) < 4.78 is 0. The topological polar surface area (TPSA) is 24.4 Å². The van der Waals surface area contributed by atoms with Gasteiger partial charge in [0.1, 0.15) is 0 Å². The van der Waals surface area contributed by atoms with Crippen LogP contribution in [0.25, 0.3) is 0 Å². The Hall–Kier alpha value is -0.530. The van der Waals surface area contributed by atoms with Crippen LogP contribution in [0.15, 0.2) is 4.99 Å². The molecule has 0 aromatic rings. The highest BCUT2D eigenvalue weighted by Gasteiger charge is 2.50. The van der Waals surface area contributed by atoms with Crippen LogP contribution in [0.4, 0.5) is 0 Å². The van der Waals surface area contributed by atoms with E-state index in [1.54, 1.807) is 12.8 Å². The Bertz CT molecular complexity index is 494. The van der Waals surface area contributed by atoms with E-state index in [0.29, 0.717) is 6.04 Å². The monoisotopic (exact) mass is 326 g/mol. The minimum Gasteiger partial charge on any atom is -0.371 e. The molecule has 0 amide bonds. The molecule has 8 aliphatic carbocycles. The van der Waals surface area contributed by atoms with Crippen LogP contribution in [0, 0.1) is 47.3 Å². The van der Waals surface area contributed by atoms with E-state index in [9.17, 15) is 0 Å². The summed E-state index contributed by atoms with van der Waals surface area (Å²) in [4.78, 5) is 5.33. The summed E-state index contributed by atoms with van der Waals surface area (Å²) in [6, 6.07) is 1.43. The second-order valence-corrected chi connectivity index (χ2v) is 10.7. The number of nitrogens with one attached hydrogen (secondary N) is 1. The van der Waals surface area contributed by atoms with E-state index in [-0.39, 0.29) is 0 Å². The summed E-state index contributed by atoms with van der Waals surface area (Å²) in [7, 11) is 0. The molecule has 0 aromatic heterocycles. The highest BCUT2D eigenvalue weighted by Crippen LogP contribution is 2.55. The summed E-state index contributed by atoms with van der Waals surface area (Å²) in [6.45, 7) is 2.29. The molecule has 0 atom stereocenters. The zero-order chi connectivity index (χ0) is 15.8. The van der Waals surface area contributed by atoms with Gasteiger partial charge in [-0.1, -0.05) is 0 Å². The molecule has 8 aliphatic rings. The van der Waals surface area contributed by atoms with E-state index in [1.165, 1.54) is 57.2 Å². The molecule has 0 aliphatic heterocycles. The van der Waals surface area contributed by atoms with Crippen molar-refractivity contribution in [3.05, 3.63) is 0 Å². The number of rotatable bonds is 2. The second-order valence-electron chi connectivity index (χ2n) is 10.7. The third kappa shape index (κ3) is 2.23. The highest BCUT2D eigenvalue weighted by atomic mass is 15.0. The molecule has 2 nitrogen and oxygen atoms in total. The van der Waals surface area contributed by atoms with Gasteiger partial charge in [0.15, 0.2) is 0 Å². The maximum absolute atomic E-state index is 5.33. The highest BCUT2D eigenvalue weighted by molar-refractivity contribution is 5.80. The minimum atomic E-state index is 0.669. The molecule has 8 fully saturated rings. The molecule has 2 heteroatoms. The van der Waals surface area contributed by atoms with Crippen molar-refractivity contribution < 1.29 is 0 Å². The van der Waals surface area contributed by atoms with Gasteiger partial charge in [0.05, 0.1) is 11.9 Å². The smallest absolute Gasteiger partial charge is 0.0937 e. The molecule has 8 saturated carbocycles. The normalized spacial score (nSPS) is 57.6.